The van der Waals surface area contributed by atoms with Crippen LogP contribution in [0.25, 0.3) is 27.6 Å². The van der Waals surface area contributed by atoms with Crippen LogP contribution in [0.5, 0.6) is 6.01 Å². The Balaban J connectivity index is 2.06. The first-order valence-electron chi connectivity index (χ1n) is 9.06. The van der Waals surface area contributed by atoms with Crippen molar-refractivity contribution in [2.45, 2.75) is 13.0 Å². The number of benzene rings is 2. The highest BCUT2D eigenvalue weighted by molar-refractivity contribution is 5.96. The molecule has 4 aromatic rings. The largest absolute Gasteiger partial charge is 0.467 e. The maximum absolute atomic E-state index is 13.9. The van der Waals surface area contributed by atoms with Gasteiger partial charge >= 0.3 is 6.01 Å². The lowest BCUT2D eigenvalue weighted by Gasteiger charge is -2.18. The molecule has 0 aliphatic rings. The van der Waals surface area contributed by atoms with E-state index in [1.54, 1.807) is 31.5 Å². The Labute approximate surface area is 166 Å². The van der Waals surface area contributed by atoms with Gasteiger partial charge in [0.1, 0.15) is 5.82 Å². The molecule has 0 fully saturated rings. The van der Waals surface area contributed by atoms with Crippen LogP contribution in [-0.2, 0) is 0 Å². The summed E-state index contributed by atoms with van der Waals surface area (Å²) < 4.78 is 20.3. The zero-order valence-corrected chi connectivity index (χ0v) is 16.0. The Morgan fingerprint density at radius 3 is 2.48 bits per heavy atom. The van der Waals surface area contributed by atoms with E-state index in [-0.39, 0.29) is 11.6 Å². The Kier molecular flexibility index (Phi) is 4.82. The summed E-state index contributed by atoms with van der Waals surface area (Å²) in [4.78, 5) is 21.9. The van der Waals surface area contributed by atoms with Crippen molar-refractivity contribution in [3.63, 3.8) is 0 Å². The van der Waals surface area contributed by atoms with E-state index in [1.807, 2.05) is 24.3 Å². The van der Waals surface area contributed by atoms with E-state index in [9.17, 15) is 9.18 Å². The summed E-state index contributed by atoms with van der Waals surface area (Å²) in [5.74, 6) is -0.429. The van der Waals surface area contributed by atoms with Crippen LogP contribution >= 0.6 is 0 Å². The minimum atomic E-state index is -0.429. The molecule has 0 radical (unpaired) electrons. The molecule has 146 valence electrons. The van der Waals surface area contributed by atoms with E-state index >= 15 is 0 Å². The van der Waals surface area contributed by atoms with Crippen molar-refractivity contribution in [2.24, 2.45) is 5.73 Å². The summed E-state index contributed by atoms with van der Waals surface area (Å²) in [6.45, 7) is 1.79. The van der Waals surface area contributed by atoms with Crippen molar-refractivity contribution in [2.75, 3.05) is 7.11 Å². The Morgan fingerprint density at radius 1 is 1.10 bits per heavy atom. The highest BCUT2D eigenvalue weighted by Gasteiger charge is 2.17. The Bertz CT molecular complexity index is 1250. The molecule has 0 saturated carbocycles. The molecule has 4 rings (SSSR count). The number of fused-ring (bicyclic) bond motifs is 1. The third kappa shape index (κ3) is 3.36. The van der Waals surface area contributed by atoms with Gasteiger partial charge in [-0.25, -0.2) is 14.4 Å². The SMILES string of the molecule is COc1ncc(-c2cccc3cc(C(C)N)n(-c4cccc(F)c4)c(=O)c23)cn1. The minimum Gasteiger partial charge on any atom is -0.467 e. The highest BCUT2D eigenvalue weighted by Crippen LogP contribution is 2.28. The number of hydrogen-bond acceptors (Lipinski definition) is 5. The molecule has 0 bridgehead atoms. The lowest BCUT2D eigenvalue weighted by atomic mass is 9.99. The van der Waals surface area contributed by atoms with E-state index in [0.29, 0.717) is 27.9 Å². The third-order valence-electron chi connectivity index (χ3n) is 4.73. The summed E-state index contributed by atoms with van der Waals surface area (Å²) in [5.41, 5.74) is 8.22. The lowest BCUT2D eigenvalue weighted by Crippen LogP contribution is -2.26. The Morgan fingerprint density at radius 2 is 1.83 bits per heavy atom. The topological polar surface area (TPSA) is 83.0 Å². The van der Waals surface area contributed by atoms with Gasteiger partial charge in [-0.05, 0) is 42.1 Å². The van der Waals surface area contributed by atoms with E-state index in [2.05, 4.69) is 9.97 Å². The van der Waals surface area contributed by atoms with Crippen LogP contribution in [-0.4, -0.2) is 21.6 Å². The number of ether oxygens (including phenoxy) is 1. The molecule has 0 spiro atoms. The predicted molar refractivity (Wildman–Crippen MR) is 110 cm³/mol. The van der Waals surface area contributed by atoms with Crippen molar-refractivity contribution in [1.29, 1.82) is 0 Å². The minimum absolute atomic E-state index is 0.241. The normalized spacial score (nSPS) is 12.1. The summed E-state index contributed by atoms with van der Waals surface area (Å²) in [6.07, 6.45) is 3.21. The van der Waals surface area contributed by atoms with Gasteiger partial charge in [0.25, 0.3) is 5.56 Å². The molecular formula is C22H19FN4O2. The van der Waals surface area contributed by atoms with Gasteiger partial charge in [-0.3, -0.25) is 9.36 Å². The molecule has 2 N–H and O–H groups in total. The van der Waals surface area contributed by atoms with Crippen molar-refractivity contribution in [1.82, 2.24) is 14.5 Å². The fourth-order valence-corrected chi connectivity index (χ4v) is 3.40. The quantitative estimate of drug-likeness (QED) is 0.576. The van der Waals surface area contributed by atoms with Crippen molar-refractivity contribution in [3.8, 4) is 22.8 Å². The smallest absolute Gasteiger partial charge is 0.316 e. The van der Waals surface area contributed by atoms with Crippen molar-refractivity contribution >= 4 is 10.8 Å². The first-order chi connectivity index (χ1) is 14.0. The summed E-state index contributed by atoms with van der Waals surface area (Å²) >= 11 is 0. The second-order valence-electron chi connectivity index (χ2n) is 6.71. The van der Waals surface area contributed by atoms with Crippen LogP contribution in [0.4, 0.5) is 4.39 Å². The number of halogens is 1. The maximum Gasteiger partial charge on any atom is 0.316 e. The van der Waals surface area contributed by atoms with Crippen LogP contribution in [0.1, 0.15) is 18.7 Å². The monoisotopic (exact) mass is 390 g/mol. The number of nitrogens with zero attached hydrogens (tertiary/aromatic N) is 3. The molecule has 1 unspecified atom stereocenters. The van der Waals surface area contributed by atoms with E-state index in [4.69, 9.17) is 10.5 Å². The van der Waals surface area contributed by atoms with Gasteiger partial charge in [0, 0.05) is 29.7 Å². The molecule has 2 heterocycles. The van der Waals surface area contributed by atoms with Gasteiger partial charge in [-0.15, -0.1) is 0 Å². The fourth-order valence-electron chi connectivity index (χ4n) is 3.40. The summed E-state index contributed by atoms with van der Waals surface area (Å²) in [6, 6.07) is 13.1. The maximum atomic E-state index is 13.9. The molecule has 1 atom stereocenters. The molecule has 29 heavy (non-hydrogen) atoms. The van der Waals surface area contributed by atoms with E-state index in [0.717, 1.165) is 5.39 Å². The number of hydrogen-bond donors (Lipinski definition) is 1. The first kappa shape index (κ1) is 18.8. The van der Waals surface area contributed by atoms with Crippen LogP contribution in [0.15, 0.2) is 65.7 Å². The van der Waals surface area contributed by atoms with Gasteiger partial charge in [0.15, 0.2) is 0 Å². The number of aromatic nitrogens is 3. The molecule has 0 saturated heterocycles. The van der Waals surface area contributed by atoms with Gasteiger partial charge in [0.2, 0.25) is 0 Å². The fraction of sp³-hybridized carbons (Fsp3) is 0.136. The Hall–Kier alpha value is -3.58. The first-order valence-corrected chi connectivity index (χ1v) is 9.06. The molecular weight excluding hydrogens is 371 g/mol. The van der Waals surface area contributed by atoms with Gasteiger partial charge in [0.05, 0.1) is 18.2 Å². The average Bonchev–Trinajstić information content (AvgIpc) is 2.73. The zero-order valence-electron chi connectivity index (χ0n) is 16.0. The molecule has 0 aliphatic carbocycles. The molecule has 6 nitrogen and oxygen atoms in total. The van der Waals surface area contributed by atoms with Gasteiger partial charge in [-0.2, -0.15) is 0 Å². The van der Waals surface area contributed by atoms with E-state index < -0.39 is 11.9 Å². The number of nitrogens with two attached hydrogens (primary N) is 1. The average molecular weight is 390 g/mol. The van der Waals surface area contributed by atoms with Crippen molar-refractivity contribution < 1.29 is 9.13 Å². The standard InChI is InChI=1S/C22H19FN4O2/c1-13(24)19-9-14-5-3-8-18(15-11-25-22(29-2)26-12-15)20(14)21(28)27(19)17-7-4-6-16(23)10-17/h3-13H,24H2,1-2H3. The molecule has 0 amide bonds. The summed E-state index contributed by atoms with van der Waals surface area (Å²) in [7, 11) is 1.49. The van der Waals surface area contributed by atoms with Crippen molar-refractivity contribution in [3.05, 3.63) is 82.8 Å². The molecule has 7 heteroatoms. The van der Waals surface area contributed by atoms with E-state index in [1.165, 1.54) is 23.8 Å². The van der Waals surface area contributed by atoms with Crippen LogP contribution in [0, 0.1) is 5.82 Å². The number of pyridine rings is 1. The highest BCUT2D eigenvalue weighted by atomic mass is 19.1. The lowest BCUT2D eigenvalue weighted by molar-refractivity contribution is 0.380. The predicted octanol–water partition coefficient (Wildman–Crippen LogP) is 3.62. The molecule has 2 aromatic carbocycles. The third-order valence-corrected chi connectivity index (χ3v) is 4.73. The summed E-state index contributed by atoms with van der Waals surface area (Å²) in [5, 5.41) is 1.22. The molecule has 2 aromatic heterocycles. The van der Waals surface area contributed by atoms with Crippen LogP contribution in [0.2, 0.25) is 0 Å². The van der Waals surface area contributed by atoms with Crippen LogP contribution < -0.4 is 16.0 Å². The molecule has 0 aliphatic heterocycles. The number of rotatable bonds is 4. The van der Waals surface area contributed by atoms with Gasteiger partial charge in [-0.1, -0.05) is 24.3 Å². The second kappa shape index (κ2) is 7.44. The number of methoxy groups -OCH3 is 1. The second-order valence-corrected chi connectivity index (χ2v) is 6.71. The van der Waals surface area contributed by atoms with Gasteiger partial charge < -0.3 is 10.5 Å². The zero-order chi connectivity index (χ0) is 20.5. The van der Waals surface area contributed by atoms with Crippen LogP contribution in [0.3, 0.4) is 0 Å².